The van der Waals surface area contributed by atoms with E-state index in [1.807, 2.05) is 0 Å². The summed E-state index contributed by atoms with van der Waals surface area (Å²) in [7, 11) is 0. The summed E-state index contributed by atoms with van der Waals surface area (Å²) in [5.74, 6) is -1.86. The fourth-order valence-electron chi connectivity index (χ4n) is 3.44. The van der Waals surface area contributed by atoms with Crippen LogP contribution in [0.15, 0.2) is 47.3 Å². The van der Waals surface area contributed by atoms with E-state index in [0.717, 1.165) is 25.2 Å². The average molecular weight is 554 g/mol. The van der Waals surface area contributed by atoms with Crippen molar-refractivity contribution in [3.8, 4) is 0 Å². The molecule has 5 nitrogen and oxygen atoms in total. The number of rotatable bonds is 4. The molecule has 0 spiro atoms. The highest BCUT2D eigenvalue weighted by molar-refractivity contribution is 7.07. The predicted molar refractivity (Wildman–Crippen MR) is 119 cm³/mol. The van der Waals surface area contributed by atoms with E-state index in [9.17, 15) is 40.3 Å². The number of alkyl halides is 7. The van der Waals surface area contributed by atoms with Crippen LogP contribution in [0.5, 0.6) is 0 Å². The van der Waals surface area contributed by atoms with Gasteiger partial charge in [0.1, 0.15) is 5.69 Å². The molecule has 0 unspecified atom stereocenters. The number of nitrogens with zero attached hydrogens (tertiary/aromatic N) is 2. The number of carbonyl (C=O) groups excluding carboxylic acids is 2. The number of hydrogen-bond acceptors (Lipinski definition) is 4. The minimum absolute atomic E-state index is 0.0115. The third-order valence-corrected chi connectivity index (χ3v) is 6.00. The molecule has 0 atom stereocenters. The van der Waals surface area contributed by atoms with Crippen LogP contribution in [0.2, 0.25) is 5.02 Å². The van der Waals surface area contributed by atoms with Crippen LogP contribution in [0.1, 0.15) is 37.5 Å². The second kappa shape index (κ2) is 9.69. The Morgan fingerprint density at radius 3 is 2.00 bits per heavy atom. The third-order valence-electron chi connectivity index (χ3n) is 5.08. The van der Waals surface area contributed by atoms with Gasteiger partial charge in [0.05, 0.1) is 21.8 Å². The molecule has 2 amide bonds. The summed E-state index contributed by atoms with van der Waals surface area (Å²) in [5.41, 5.74) is -5.06. The fraction of sp³-hybridized carbons (Fsp3) is 0.227. The lowest BCUT2D eigenvalue weighted by molar-refractivity contribution is -0.348. The number of thiazole rings is 1. The molecule has 0 saturated carbocycles. The molecule has 0 fully saturated rings. The first kappa shape index (κ1) is 27.4. The van der Waals surface area contributed by atoms with Crippen LogP contribution in [-0.4, -0.2) is 29.2 Å². The van der Waals surface area contributed by atoms with Crippen molar-refractivity contribution in [2.24, 2.45) is 0 Å². The smallest absolute Gasteiger partial charge is 0.267 e. The Morgan fingerprint density at radius 1 is 0.972 bits per heavy atom. The van der Waals surface area contributed by atoms with Crippen LogP contribution in [0.25, 0.3) is 0 Å². The molecule has 0 aliphatic rings. The van der Waals surface area contributed by atoms with Crippen molar-refractivity contribution in [1.29, 1.82) is 0 Å². The van der Waals surface area contributed by atoms with Gasteiger partial charge in [-0.15, -0.1) is 11.3 Å². The zero-order valence-electron chi connectivity index (χ0n) is 18.3. The summed E-state index contributed by atoms with van der Waals surface area (Å²) in [6, 6.07) is 6.39. The maximum absolute atomic E-state index is 14.7. The molecule has 2 aromatic carbocycles. The van der Waals surface area contributed by atoms with E-state index in [2.05, 4.69) is 10.4 Å². The molecule has 14 heteroatoms. The van der Waals surface area contributed by atoms with Gasteiger partial charge in [-0.1, -0.05) is 35.9 Å². The van der Waals surface area contributed by atoms with Crippen molar-refractivity contribution in [2.45, 2.75) is 31.9 Å². The highest BCUT2D eigenvalue weighted by Crippen LogP contribution is 2.54. The molecule has 36 heavy (non-hydrogen) atoms. The lowest BCUT2D eigenvalue weighted by Crippen LogP contribution is -2.51. The first-order valence-corrected chi connectivity index (χ1v) is 11.1. The summed E-state index contributed by atoms with van der Waals surface area (Å²) in [4.78, 5) is 29.9. The van der Waals surface area contributed by atoms with Gasteiger partial charge in [0.15, 0.2) is 0 Å². The first-order valence-electron chi connectivity index (χ1n) is 9.81. The van der Waals surface area contributed by atoms with Crippen LogP contribution in [0.4, 0.5) is 36.4 Å². The van der Waals surface area contributed by atoms with Gasteiger partial charge in [0, 0.05) is 10.9 Å². The number of amides is 2. The van der Waals surface area contributed by atoms with Gasteiger partial charge in [-0.05, 0) is 37.1 Å². The maximum atomic E-state index is 14.7. The van der Waals surface area contributed by atoms with E-state index in [-0.39, 0.29) is 33.1 Å². The number of hydrazine groups is 1. The summed E-state index contributed by atoms with van der Waals surface area (Å²) in [6.45, 7) is 2.14. The summed E-state index contributed by atoms with van der Waals surface area (Å²) < 4.78 is 94.4. The number of hydrogen-bond donors (Lipinski definition) is 1. The van der Waals surface area contributed by atoms with Crippen molar-refractivity contribution in [1.82, 2.24) is 10.4 Å². The lowest BCUT2D eigenvalue weighted by atomic mass is 9.90. The number of carbonyl (C=O) groups is 2. The fourth-order valence-corrected chi connectivity index (χ4v) is 4.19. The Morgan fingerprint density at radius 2 is 1.53 bits per heavy atom. The van der Waals surface area contributed by atoms with E-state index in [1.54, 1.807) is 0 Å². The number of aryl methyl sites for hydroxylation is 2. The van der Waals surface area contributed by atoms with Gasteiger partial charge < -0.3 is 0 Å². The van der Waals surface area contributed by atoms with Gasteiger partial charge >= 0.3 is 18.0 Å². The van der Waals surface area contributed by atoms with Crippen molar-refractivity contribution in [3.63, 3.8) is 0 Å². The second-order valence-electron chi connectivity index (χ2n) is 7.55. The number of halogens is 8. The van der Waals surface area contributed by atoms with Gasteiger partial charge in [0.25, 0.3) is 11.8 Å². The van der Waals surface area contributed by atoms with Crippen LogP contribution >= 0.6 is 22.9 Å². The van der Waals surface area contributed by atoms with Crippen LogP contribution in [0, 0.1) is 13.8 Å². The second-order valence-corrected chi connectivity index (χ2v) is 8.67. The predicted octanol–water partition coefficient (Wildman–Crippen LogP) is 6.69. The van der Waals surface area contributed by atoms with Crippen LogP contribution in [-0.2, 0) is 5.67 Å². The molecule has 192 valence electrons. The van der Waals surface area contributed by atoms with Crippen LogP contribution < -0.4 is 10.4 Å². The molecule has 0 saturated heterocycles. The Balaban J connectivity index is 2.17. The quantitative estimate of drug-likeness (QED) is 0.289. The molecule has 1 N–H and O–H groups in total. The number of benzene rings is 2. The minimum atomic E-state index is -6.32. The Bertz CT molecular complexity index is 1260. The van der Waals surface area contributed by atoms with Crippen molar-refractivity contribution < 1.29 is 40.3 Å². The van der Waals surface area contributed by atoms with Crippen molar-refractivity contribution in [3.05, 3.63) is 80.3 Å². The topological polar surface area (TPSA) is 62.3 Å². The van der Waals surface area contributed by atoms with Gasteiger partial charge in [0.2, 0.25) is 0 Å². The molecule has 1 heterocycles. The van der Waals surface area contributed by atoms with Crippen LogP contribution in [0.3, 0.4) is 0 Å². The normalized spacial score (nSPS) is 12.4. The zero-order chi connectivity index (χ0) is 27.1. The highest BCUT2D eigenvalue weighted by atomic mass is 35.5. The van der Waals surface area contributed by atoms with E-state index < -0.39 is 35.4 Å². The van der Waals surface area contributed by atoms with E-state index >= 15 is 0 Å². The molecule has 0 aliphatic heterocycles. The monoisotopic (exact) mass is 553 g/mol. The van der Waals surface area contributed by atoms with Crippen molar-refractivity contribution in [2.75, 3.05) is 5.01 Å². The standard InChI is InChI=1S/C22H15ClF7N3O2S/c1-11-7-13(20(24,21(25,26)27)22(28,29)30)8-12(2)17(11)33(19(35)16-9-36-10-31-16)32-18(34)14-5-3-4-6-15(14)23/h3-10H,1-2H3,(H,32,34). The molecule has 1 aromatic heterocycles. The molecular weight excluding hydrogens is 539 g/mol. The minimum Gasteiger partial charge on any atom is -0.267 e. The van der Waals surface area contributed by atoms with E-state index in [0.29, 0.717) is 17.1 Å². The summed E-state index contributed by atoms with van der Waals surface area (Å²) in [5, 5.41) is 1.95. The SMILES string of the molecule is Cc1cc(C(F)(C(F)(F)F)C(F)(F)F)cc(C)c1N(NC(=O)c1ccccc1Cl)C(=O)c1cscn1. The van der Waals surface area contributed by atoms with Gasteiger partial charge in [-0.25, -0.2) is 14.4 Å². The van der Waals surface area contributed by atoms with Gasteiger partial charge in [-0.2, -0.15) is 26.3 Å². The number of nitrogens with one attached hydrogen (secondary N) is 1. The third kappa shape index (κ3) is 4.89. The van der Waals surface area contributed by atoms with Crippen molar-refractivity contribution >= 4 is 40.4 Å². The first-order chi connectivity index (χ1) is 16.6. The highest BCUT2D eigenvalue weighted by Gasteiger charge is 2.73. The zero-order valence-corrected chi connectivity index (χ0v) is 19.8. The number of anilines is 1. The number of aromatic nitrogens is 1. The Kier molecular flexibility index (Phi) is 7.38. The van der Waals surface area contributed by atoms with Gasteiger partial charge in [-0.3, -0.25) is 15.0 Å². The van der Waals surface area contributed by atoms with E-state index in [1.165, 1.54) is 35.2 Å². The summed E-state index contributed by atoms with van der Waals surface area (Å²) in [6.07, 6.45) is -12.6. The average Bonchev–Trinajstić information content (AvgIpc) is 3.30. The summed E-state index contributed by atoms with van der Waals surface area (Å²) >= 11 is 7.04. The Hall–Kier alpha value is -3.19. The molecule has 0 bridgehead atoms. The molecular formula is C22H15ClF7N3O2S. The molecule has 3 rings (SSSR count). The molecule has 0 aliphatic carbocycles. The lowest BCUT2D eigenvalue weighted by Gasteiger charge is -2.32. The maximum Gasteiger partial charge on any atom is 0.435 e. The molecule has 3 aromatic rings. The largest absolute Gasteiger partial charge is 0.435 e. The Labute approximate surface area is 208 Å². The van der Waals surface area contributed by atoms with E-state index in [4.69, 9.17) is 11.6 Å². The molecule has 0 radical (unpaired) electrons.